The number of hydrogen-bond donors (Lipinski definition) is 1. The normalized spacial score (nSPS) is 10.8. The maximum absolute atomic E-state index is 10.9. The molecule has 0 bridgehead atoms. The van der Waals surface area contributed by atoms with Gasteiger partial charge in [0.05, 0.1) is 10.8 Å². The van der Waals surface area contributed by atoms with Crippen LogP contribution in [0.15, 0.2) is 66.7 Å². The van der Waals surface area contributed by atoms with Gasteiger partial charge in [-0.2, -0.15) is 4.57 Å². The van der Waals surface area contributed by atoms with Crippen molar-refractivity contribution in [3.05, 3.63) is 66.7 Å². The smallest absolute Gasteiger partial charge is 0.213 e. The van der Waals surface area contributed by atoms with Gasteiger partial charge in [-0.1, -0.05) is 24.3 Å². The lowest BCUT2D eigenvalue weighted by Crippen LogP contribution is -3.00. The maximum atomic E-state index is 10.9. The molecular formula is C24H25BrN2O. The second-order valence-electron chi connectivity index (χ2n) is 6.84. The van der Waals surface area contributed by atoms with Gasteiger partial charge in [0.15, 0.2) is 0 Å². The molecule has 0 fully saturated rings. The summed E-state index contributed by atoms with van der Waals surface area (Å²) in [6.07, 6.45) is 0. The van der Waals surface area contributed by atoms with Crippen LogP contribution in [0.3, 0.4) is 0 Å². The molecule has 3 aromatic carbocycles. The molecule has 3 nitrogen and oxygen atoms in total. The number of para-hydroxylation sites is 2. The number of benzene rings is 3. The van der Waals surface area contributed by atoms with Crippen molar-refractivity contribution in [2.45, 2.75) is 13.8 Å². The van der Waals surface area contributed by atoms with E-state index in [0.717, 1.165) is 51.7 Å². The SMILES string of the molecule is CCN(CC)c1ccc(-c2c3ccccc3[n+](C)c3ccccc23)c(O)c1.[Br-]. The highest BCUT2D eigenvalue weighted by atomic mass is 79.9. The lowest BCUT2D eigenvalue weighted by atomic mass is 9.94. The van der Waals surface area contributed by atoms with Crippen LogP contribution in [0.4, 0.5) is 5.69 Å². The molecule has 0 saturated heterocycles. The Morgan fingerprint density at radius 1 is 0.821 bits per heavy atom. The summed E-state index contributed by atoms with van der Waals surface area (Å²) < 4.78 is 2.22. The number of hydrogen-bond acceptors (Lipinski definition) is 2. The van der Waals surface area contributed by atoms with Crippen molar-refractivity contribution < 1.29 is 26.7 Å². The zero-order valence-corrected chi connectivity index (χ0v) is 18.1. The highest BCUT2D eigenvalue weighted by molar-refractivity contribution is 6.08. The van der Waals surface area contributed by atoms with Crippen LogP contribution in [-0.4, -0.2) is 18.2 Å². The lowest BCUT2D eigenvalue weighted by Gasteiger charge is -2.22. The summed E-state index contributed by atoms with van der Waals surface area (Å²) >= 11 is 0. The number of aryl methyl sites for hydroxylation is 1. The van der Waals surface area contributed by atoms with Gasteiger partial charge in [0, 0.05) is 48.1 Å². The standard InChI is InChI=1S/C24H24N2O.BrH/c1-4-26(5-2)17-14-15-20(23(27)16-17)24-18-10-6-8-12-21(18)25(3)22-13-9-7-11-19(22)24;/h6-16H,4-5H2,1-3H3;1H. The monoisotopic (exact) mass is 436 g/mol. The highest BCUT2D eigenvalue weighted by Gasteiger charge is 2.20. The van der Waals surface area contributed by atoms with Crippen molar-refractivity contribution >= 4 is 27.5 Å². The quantitative estimate of drug-likeness (QED) is 0.391. The Hall–Kier alpha value is -2.59. The topological polar surface area (TPSA) is 27.4 Å². The average molecular weight is 437 g/mol. The molecule has 1 heterocycles. The maximum Gasteiger partial charge on any atom is 0.213 e. The number of phenols is 1. The lowest BCUT2D eigenvalue weighted by molar-refractivity contribution is -0.617. The van der Waals surface area contributed by atoms with Crippen molar-refractivity contribution in [2.24, 2.45) is 7.05 Å². The Bertz CT molecular complexity index is 1080. The number of aromatic nitrogens is 1. The zero-order valence-electron chi connectivity index (χ0n) is 16.5. The van der Waals surface area contributed by atoms with Crippen molar-refractivity contribution in [2.75, 3.05) is 18.0 Å². The largest absolute Gasteiger partial charge is 1.00 e. The van der Waals surface area contributed by atoms with Gasteiger partial charge in [0.2, 0.25) is 11.0 Å². The van der Waals surface area contributed by atoms with Crippen LogP contribution < -0.4 is 26.4 Å². The van der Waals surface area contributed by atoms with Gasteiger partial charge in [0.1, 0.15) is 12.8 Å². The van der Waals surface area contributed by atoms with Crippen LogP contribution in [0.1, 0.15) is 13.8 Å². The van der Waals surface area contributed by atoms with Gasteiger partial charge in [-0.05, 0) is 38.1 Å². The first-order valence-electron chi connectivity index (χ1n) is 9.53. The number of aromatic hydroxyl groups is 1. The Balaban J connectivity index is 0.00000225. The fourth-order valence-electron chi connectivity index (χ4n) is 4.04. The second kappa shape index (κ2) is 8.19. The summed E-state index contributed by atoms with van der Waals surface area (Å²) in [7, 11) is 2.10. The van der Waals surface area contributed by atoms with Crippen molar-refractivity contribution in [3.8, 4) is 16.9 Å². The summed E-state index contributed by atoms with van der Waals surface area (Å²) in [6, 6.07) is 22.8. The molecule has 0 saturated carbocycles. The number of anilines is 1. The third-order valence-corrected chi connectivity index (χ3v) is 5.45. The number of pyridine rings is 1. The Morgan fingerprint density at radius 3 is 1.86 bits per heavy atom. The molecule has 4 heteroatoms. The molecule has 28 heavy (non-hydrogen) atoms. The summed E-state index contributed by atoms with van der Waals surface area (Å²) in [5.74, 6) is 0.323. The average Bonchev–Trinajstić information content (AvgIpc) is 2.70. The molecule has 0 aliphatic rings. The minimum absolute atomic E-state index is 0. The van der Waals surface area contributed by atoms with E-state index in [2.05, 4.69) is 91.0 Å². The zero-order chi connectivity index (χ0) is 19.0. The molecule has 4 rings (SSSR count). The van der Waals surface area contributed by atoms with Crippen LogP contribution in [0.5, 0.6) is 5.75 Å². The van der Waals surface area contributed by atoms with E-state index in [-0.39, 0.29) is 17.0 Å². The predicted octanol–water partition coefficient (Wildman–Crippen LogP) is 2.04. The summed E-state index contributed by atoms with van der Waals surface area (Å²) in [5.41, 5.74) is 5.31. The Kier molecular flexibility index (Phi) is 5.90. The van der Waals surface area contributed by atoms with Gasteiger partial charge < -0.3 is 27.0 Å². The van der Waals surface area contributed by atoms with Gasteiger partial charge >= 0.3 is 0 Å². The molecule has 0 atom stereocenters. The van der Waals surface area contributed by atoms with E-state index in [1.54, 1.807) is 0 Å². The van der Waals surface area contributed by atoms with Crippen molar-refractivity contribution in [1.82, 2.24) is 0 Å². The molecule has 1 aromatic heterocycles. The highest BCUT2D eigenvalue weighted by Crippen LogP contribution is 2.40. The van der Waals surface area contributed by atoms with Crippen molar-refractivity contribution in [1.29, 1.82) is 0 Å². The van der Waals surface area contributed by atoms with E-state index in [1.807, 2.05) is 6.07 Å². The van der Waals surface area contributed by atoms with E-state index in [4.69, 9.17) is 0 Å². The Labute approximate surface area is 176 Å². The molecule has 0 spiro atoms. The number of phenolic OH excluding ortho intramolecular Hbond substituents is 1. The third-order valence-electron chi connectivity index (χ3n) is 5.45. The number of fused-ring (bicyclic) bond motifs is 2. The van der Waals surface area contributed by atoms with Crippen LogP contribution in [-0.2, 0) is 7.05 Å². The summed E-state index contributed by atoms with van der Waals surface area (Å²) in [4.78, 5) is 2.24. The first-order valence-corrected chi connectivity index (χ1v) is 9.53. The fraction of sp³-hybridized carbons (Fsp3) is 0.208. The molecule has 1 N–H and O–H groups in total. The minimum atomic E-state index is 0. The van der Waals surface area contributed by atoms with E-state index in [0.29, 0.717) is 5.75 Å². The van der Waals surface area contributed by atoms with Gasteiger partial charge in [0.25, 0.3) is 0 Å². The van der Waals surface area contributed by atoms with Gasteiger partial charge in [-0.15, -0.1) is 0 Å². The van der Waals surface area contributed by atoms with E-state index in [1.165, 1.54) is 0 Å². The van der Waals surface area contributed by atoms with Gasteiger partial charge in [-0.25, -0.2) is 0 Å². The number of halogens is 1. The number of rotatable bonds is 4. The van der Waals surface area contributed by atoms with Crippen LogP contribution in [0.2, 0.25) is 0 Å². The van der Waals surface area contributed by atoms with E-state index in [9.17, 15) is 5.11 Å². The second-order valence-corrected chi connectivity index (χ2v) is 6.84. The van der Waals surface area contributed by atoms with Crippen LogP contribution >= 0.6 is 0 Å². The first-order chi connectivity index (χ1) is 13.2. The van der Waals surface area contributed by atoms with Crippen molar-refractivity contribution in [3.63, 3.8) is 0 Å². The van der Waals surface area contributed by atoms with E-state index >= 15 is 0 Å². The minimum Gasteiger partial charge on any atom is -1.00 e. The first kappa shape index (κ1) is 20.2. The molecule has 4 aromatic rings. The molecule has 0 radical (unpaired) electrons. The number of nitrogens with zero attached hydrogens (tertiary/aromatic N) is 2. The molecule has 0 unspecified atom stereocenters. The predicted molar refractivity (Wildman–Crippen MR) is 113 cm³/mol. The third kappa shape index (κ3) is 3.22. The summed E-state index contributed by atoms with van der Waals surface area (Å²) in [6.45, 7) is 6.10. The molecule has 144 valence electrons. The fourth-order valence-corrected chi connectivity index (χ4v) is 4.04. The van der Waals surface area contributed by atoms with E-state index < -0.39 is 0 Å². The van der Waals surface area contributed by atoms with Gasteiger partial charge in [-0.3, -0.25) is 0 Å². The Morgan fingerprint density at radius 2 is 1.36 bits per heavy atom. The van der Waals surface area contributed by atoms with Crippen LogP contribution in [0, 0.1) is 0 Å². The molecule has 0 aliphatic heterocycles. The molecular weight excluding hydrogens is 412 g/mol. The van der Waals surface area contributed by atoms with Crippen LogP contribution in [0.25, 0.3) is 32.9 Å². The molecule has 0 aliphatic carbocycles. The summed E-state index contributed by atoms with van der Waals surface area (Å²) in [5, 5.41) is 13.2. The molecule has 0 amide bonds.